The molecule has 0 amide bonds. The predicted octanol–water partition coefficient (Wildman–Crippen LogP) is 3.45. The smallest absolute Gasteiger partial charge is 0.230 e. The first-order valence-corrected chi connectivity index (χ1v) is 6.91. The molecule has 0 saturated carbocycles. The number of nitrogen functional groups attached to an aromatic ring is 1. The molecule has 0 atom stereocenters. The molecule has 5 nitrogen and oxygen atoms in total. The van der Waals surface area contributed by atoms with E-state index in [-0.39, 0.29) is 0 Å². The van der Waals surface area contributed by atoms with Crippen molar-refractivity contribution in [2.45, 2.75) is 19.8 Å². The molecule has 0 unspecified atom stereocenters. The van der Waals surface area contributed by atoms with E-state index in [9.17, 15) is 0 Å². The van der Waals surface area contributed by atoms with Crippen molar-refractivity contribution in [2.75, 3.05) is 5.73 Å². The maximum Gasteiger partial charge on any atom is 0.230 e. The van der Waals surface area contributed by atoms with Gasteiger partial charge >= 0.3 is 0 Å². The van der Waals surface area contributed by atoms with Gasteiger partial charge in [0, 0.05) is 19.4 Å². The van der Waals surface area contributed by atoms with Crippen molar-refractivity contribution >= 4 is 5.88 Å². The van der Waals surface area contributed by atoms with Gasteiger partial charge in [-0.15, -0.1) is 0 Å². The lowest BCUT2D eigenvalue weighted by atomic mass is 9.98. The van der Waals surface area contributed by atoms with Crippen LogP contribution < -0.4 is 5.73 Å². The van der Waals surface area contributed by atoms with Crippen LogP contribution in [0.3, 0.4) is 0 Å². The van der Waals surface area contributed by atoms with Crippen LogP contribution in [0.25, 0.3) is 22.6 Å². The standard InChI is InChI=1S/C16H18N4O/c1-10(2)11-4-6-12(7-5-11)13-14(19-21-15(13)17)16-18-8-9-20(16)3/h4-10H,17H2,1-3H3. The molecule has 0 aliphatic heterocycles. The Kier molecular flexibility index (Phi) is 3.25. The molecule has 2 aromatic heterocycles. The average molecular weight is 282 g/mol. The van der Waals surface area contributed by atoms with Gasteiger partial charge in [-0.3, -0.25) is 0 Å². The normalized spacial score (nSPS) is 11.2. The van der Waals surface area contributed by atoms with E-state index in [1.165, 1.54) is 5.56 Å². The van der Waals surface area contributed by atoms with E-state index in [1.807, 2.05) is 29.9 Å². The molecule has 0 radical (unpaired) electrons. The molecule has 0 spiro atoms. The van der Waals surface area contributed by atoms with Crippen molar-refractivity contribution in [1.29, 1.82) is 0 Å². The van der Waals surface area contributed by atoms with Gasteiger partial charge in [-0.1, -0.05) is 43.3 Å². The SMILES string of the molecule is CC(C)c1ccc(-c2c(-c3nccn3C)noc2N)cc1. The Hall–Kier alpha value is -2.56. The molecule has 0 bridgehead atoms. The van der Waals surface area contributed by atoms with E-state index in [2.05, 4.69) is 36.1 Å². The molecule has 108 valence electrons. The minimum Gasteiger partial charge on any atom is -0.367 e. The van der Waals surface area contributed by atoms with E-state index in [0.29, 0.717) is 17.5 Å². The number of benzene rings is 1. The maximum absolute atomic E-state index is 5.96. The number of hydrogen-bond donors (Lipinski definition) is 1. The molecule has 3 rings (SSSR count). The fraction of sp³-hybridized carbons (Fsp3) is 0.250. The van der Waals surface area contributed by atoms with E-state index in [1.54, 1.807) is 6.20 Å². The highest BCUT2D eigenvalue weighted by Crippen LogP contribution is 2.35. The van der Waals surface area contributed by atoms with Crippen LogP contribution in [0.4, 0.5) is 5.88 Å². The number of hydrogen-bond acceptors (Lipinski definition) is 4. The summed E-state index contributed by atoms with van der Waals surface area (Å²) in [6.45, 7) is 4.34. The minimum atomic E-state index is 0.310. The van der Waals surface area contributed by atoms with Crippen molar-refractivity contribution in [1.82, 2.24) is 14.7 Å². The quantitative estimate of drug-likeness (QED) is 0.798. The highest BCUT2D eigenvalue weighted by atomic mass is 16.5. The van der Waals surface area contributed by atoms with Crippen LogP contribution in [-0.2, 0) is 7.05 Å². The molecule has 2 heterocycles. The average Bonchev–Trinajstić information content (AvgIpc) is 3.04. The van der Waals surface area contributed by atoms with Crippen LogP contribution in [0.15, 0.2) is 41.2 Å². The van der Waals surface area contributed by atoms with Gasteiger partial charge in [0.05, 0.1) is 5.56 Å². The number of anilines is 1. The minimum absolute atomic E-state index is 0.310. The van der Waals surface area contributed by atoms with Crippen molar-refractivity contribution in [3.05, 3.63) is 42.2 Å². The monoisotopic (exact) mass is 282 g/mol. The number of nitrogens with zero attached hydrogens (tertiary/aromatic N) is 3. The van der Waals surface area contributed by atoms with Crippen LogP contribution in [0.2, 0.25) is 0 Å². The Balaban J connectivity index is 2.10. The highest BCUT2D eigenvalue weighted by Gasteiger charge is 2.20. The fourth-order valence-electron chi connectivity index (χ4n) is 2.36. The second kappa shape index (κ2) is 5.09. The van der Waals surface area contributed by atoms with Gasteiger partial charge in [0.1, 0.15) is 0 Å². The summed E-state index contributed by atoms with van der Waals surface area (Å²) in [5, 5.41) is 4.07. The third-order valence-electron chi connectivity index (χ3n) is 3.62. The molecule has 1 aromatic carbocycles. The van der Waals surface area contributed by atoms with Gasteiger partial charge in [0.15, 0.2) is 11.5 Å². The second-order valence-electron chi connectivity index (χ2n) is 5.41. The Labute approximate surface area is 123 Å². The number of imidazole rings is 1. The molecule has 0 fully saturated rings. The number of rotatable bonds is 3. The Bertz CT molecular complexity index is 753. The van der Waals surface area contributed by atoms with Gasteiger partial charge in [-0.2, -0.15) is 0 Å². The summed E-state index contributed by atoms with van der Waals surface area (Å²) < 4.78 is 7.07. The molecule has 0 saturated heterocycles. The maximum atomic E-state index is 5.96. The number of aryl methyl sites for hydroxylation is 1. The molecule has 0 aliphatic carbocycles. The molecular formula is C16H18N4O. The first kappa shape index (κ1) is 13.4. The van der Waals surface area contributed by atoms with E-state index >= 15 is 0 Å². The first-order chi connectivity index (χ1) is 10.1. The van der Waals surface area contributed by atoms with E-state index in [0.717, 1.165) is 17.0 Å². The zero-order valence-electron chi connectivity index (χ0n) is 12.4. The summed E-state index contributed by atoms with van der Waals surface area (Å²) in [4.78, 5) is 4.32. The zero-order chi connectivity index (χ0) is 15.0. The zero-order valence-corrected chi connectivity index (χ0v) is 12.4. The van der Waals surface area contributed by atoms with Crippen molar-refractivity contribution in [3.63, 3.8) is 0 Å². The highest BCUT2D eigenvalue weighted by molar-refractivity contribution is 5.84. The van der Waals surface area contributed by atoms with Crippen LogP contribution in [0, 0.1) is 0 Å². The Morgan fingerprint density at radius 3 is 2.48 bits per heavy atom. The lowest BCUT2D eigenvalue weighted by Crippen LogP contribution is -1.95. The van der Waals surface area contributed by atoms with Gasteiger partial charge in [0.2, 0.25) is 5.88 Å². The number of aromatic nitrogens is 3. The van der Waals surface area contributed by atoms with E-state index in [4.69, 9.17) is 10.3 Å². The van der Waals surface area contributed by atoms with Crippen LogP contribution in [0.1, 0.15) is 25.3 Å². The topological polar surface area (TPSA) is 69.9 Å². The molecule has 5 heteroatoms. The van der Waals surface area contributed by atoms with Gasteiger partial charge in [0.25, 0.3) is 0 Å². The Morgan fingerprint density at radius 1 is 1.19 bits per heavy atom. The lowest BCUT2D eigenvalue weighted by Gasteiger charge is -2.07. The molecule has 2 N–H and O–H groups in total. The molecule has 0 aliphatic rings. The second-order valence-corrected chi connectivity index (χ2v) is 5.41. The van der Waals surface area contributed by atoms with Crippen LogP contribution >= 0.6 is 0 Å². The summed E-state index contributed by atoms with van der Waals surface area (Å²) in [5.41, 5.74) is 9.68. The predicted molar refractivity (Wildman–Crippen MR) is 82.6 cm³/mol. The van der Waals surface area contributed by atoms with Crippen molar-refractivity contribution in [2.24, 2.45) is 7.05 Å². The molecule has 21 heavy (non-hydrogen) atoms. The lowest BCUT2D eigenvalue weighted by molar-refractivity contribution is 0.438. The summed E-state index contributed by atoms with van der Waals surface area (Å²) >= 11 is 0. The van der Waals surface area contributed by atoms with Crippen molar-refractivity contribution < 1.29 is 4.52 Å². The summed E-state index contributed by atoms with van der Waals surface area (Å²) in [6.07, 6.45) is 3.59. The molecule has 3 aromatic rings. The summed E-state index contributed by atoms with van der Waals surface area (Å²) in [5.74, 6) is 1.54. The van der Waals surface area contributed by atoms with Gasteiger partial charge < -0.3 is 14.8 Å². The summed E-state index contributed by atoms with van der Waals surface area (Å²) in [6, 6.07) is 8.30. The van der Waals surface area contributed by atoms with Gasteiger partial charge in [-0.05, 0) is 17.0 Å². The largest absolute Gasteiger partial charge is 0.367 e. The third kappa shape index (κ3) is 2.31. The van der Waals surface area contributed by atoms with Crippen LogP contribution in [-0.4, -0.2) is 14.7 Å². The molecular weight excluding hydrogens is 264 g/mol. The first-order valence-electron chi connectivity index (χ1n) is 6.91. The van der Waals surface area contributed by atoms with E-state index < -0.39 is 0 Å². The third-order valence-corrected chi connectivity index (χ3v) is 3.62. The summed E-state index contributed by atoms with van der Waals surface area (Å²) in [7, 11) is 1.92. The fourth-order valence-corrected chi connectivity index (χ4v) is 2.36. The van der Waals surface area contributed by atoms with Gasteiger partial charge in [-0.25, -0.2) is 4.98 Å². The number of nitrogens with two attached hydrogens (primary N) is 1. The van der Waals surface area contributed by atoms with Crippen LogP contribution in [0.5, 0.6) is 0 Å². The Morgan fingerprint density at radius 2 is 1.90 bits per heavy atom. The van der Waals surface area contributed by atoms with Crippen molar-refractivity contribution in [3.8, 4) is 22.6 Å².